The molecule has 5 heteroatoms. The summed E-state index contributed by atoms with van der Waals surface area (Å²) in [6.07, 6.45) is 3.37. The second-order valence-corrected chi connectivity index (χ2v) is 6.05. The minimum atomic E-state index is -0.111. The first kappa shape index (κ1) is 15.4. The Labute approximate surface area is 149 Å². The quantitative estimate of drug-likeness (QED) is 0.499. The van der Waals surface area contributed by atoms with E-state index in [1.54, 1.807) is 36.7 Å². The Hall–Kier alpha value is -3.11. The van der Waals surface area contributed by atoms with Gasteiger partial charge in [0, 0.05) is 39.6 Å². The lowest BCUT2D eigenvalue weighted by atomic mass is 10.0. The molecule has 0 unspecified atom stereocenters. The van der Waals surface area contributed by atoms with Gasteiger partial charge in [-0.25, -0.2) is 4.98 Å². The molecule has 4 nitrogen and oxygen atoms in total. The van der Waals surface area contributed by atoms with E-state index in [2.05, 4.69) is 15.3 Å². The summed E-state index contributed by atoms with van der Waals surface area (Å²) in [6, 6.07) is 18.6. The van der Waals surface area contributed by atoms with Crippen LogP contribution in [0.5, 0.6) is 0 Å². The smallest absolute Gasteiger partial charge is 0.198 e. The van der Waals surface area contributed by atoms with Crippen molar-refractivity contribution in [2.45, 2.75) is 0 Å². The third-order valence-corrected chi connectivity index (χ3v) is 4.21. The van der Waals surface area contributed by atoms with E-state index in [0.29, 0.717) is 22.0 Å². The molecule has 0 saturated carbocycles. The van der Waals surface area contributed by atoms with Crippen molar-refractivity contribution in [1.82, 2.24) is 9.97 Å². The summed E-state index contributed by atoms with van der Waals surface area (Å²) in [4.78, 5) is 20.5. The zero-order valence-corrected chi connectivity index (χ0v) is 13.9. The van der Waals surface area contributed by atoms with E-state index in [0.717, 1.165) is 16.6 Å². The van der Waals surface area contributed by atoms with Crippen molar-refractivity contribution in [3.8, 4) is 0 Å². The molecular formula is C20H14ClN3O. The number of nitrogens with one attached hydrogen (secondary N) is 2. The number of rotatable bonds is 4. The molecule has 0 atom stereocenters. The van der Waals surface area contributed by atoms with E-state index >= 15 is 0 Å². The van der Waals surface area contributed by atoms with Crippen LogP contribution in [0, 0.1) is 0 Å². The van der Waals surface area contributed by atoms with E-state index < -0.39 is 0 Å². The Morgan fingerprint density at radius 2 is 1.84 bits per heavy atom. The minimum absolute atomic E-state index is 0.111. The number of H-pyrrole nitrogens is 1. The highest BCUT2D eigenvalue weighted by Crippen LogP contribution is 2.27. The molecule has 0 spiro atoms. The number of benzene rings is 2. The first-order valence-corrected chi connectivity index (χ1v) is 8.18. The maximum absolute atomic E-state index is 13.1. The lowest BCUT2D eigenvalue weighted by molar-refractivity contribution is 0.104. The Kier molecular flexibility index (Phi) is 3.96. The molecule has 122 valence electrons. The summed E-state index contributed by atoms with van der Waals surface area (Å²) in [7, 11) is 0. The second kappa shape index (κ2) is 6.42. The number of para-hydroxylation sites is 1. The number of hydrogen-bond donors (Lipinski definition) is 2. The maximum Gasteiger partial charge on any atom is 0.198 e. The minimum Gasteiger partial charge on any atom is -0.360 e. The number of aromatic nitrogens is 2. The fourth-order valence-corrected chi connectivity index (χ4v) is 2.94. The number of aromatic amines is 1. The standard InChI is InChI=1S/C20H14ClN3O/c21-13-8-9-18-16(11-13)17(12-23-18)19(25)15-7-4-10-22-20(15)24-14-5-2-1-3-6-14/h1-12,23H,(H,22,24). The highest BCUT2D eigenvalue weighted by Gasteiger charge is 2.18. The molecule has 25 heavy (non-hydrogen) atoms. The van der Waals surface area contributed by atoms with Gasteiger partial charge in [-0.05, 0) is 42.5 Å². The van der Waals surface area contributed by atoms with Gasteiger partial charge in [0.05, 0.1) is 5.56 Å². The highest BCUT2D eigenvalue weighted by atomic mass is 35.5. The monoisotopic (exact) mass is 347 g/mol. The van der Waals surface area contributed by atoms with Crippen LogP contribution in [-0.4, -0.2) is 15.8 Å². The molecule has 2 N–H and O–H groups in total. The van der Waals surface area contributed by atoms with E-state index in [-0.39, 0.29) is 5.78 Å². The molecule has 2 heterocycles. The Morgan fingerprint density at radius 3 is 2.68 bits per heavy atom. The molecule has 0 aliphatic heterocycles. The van der Waals surface area contributed by atoms with Crippen molar-refractivity contribution in [2.24, 2.45) is 0 Å². The summed E-state index contributed by atoms with van der Waals surface area (Å²) < 4.78 is 0. The van der Waals surface area contributed by atoms with E-state index in [1.165, 1.54) is 0 Å². The SMILES string of the molecule is O=C(c1cccnc1Nc1ccccc1)c1c[nH]c2ccc(Cl)cc12. The molecule has 0 bridgehead atoms. The molecule has 2 aromatic heterocycles. The fourth-order valence-electron chi connectivity index (χ4n) is 2.77. The normalized spacial score (nSPS) is 10.8. The second-order valence-electron chi connectivity index (χ2n) is 5.61. The van der Waals surface area contributed by atoms with Crippen LogP contribution in [0.15, 0.2) is 73.1 Å². The average molecular weight is 348 g/mol. The van der Waals surface area contributed by atoms with Crippen LogP contribution in [0.3, 0.4) is 0 Å². The average Bonchev–Trinajstić information content (AvgIpc) is 3.05. The first-order valence-electron chi connectivity index (χ1n) is 7.81. The van der Waals surface area contributed by atoms with Crippen LogP contribution in [-0.2, 0) is 0 Å². The molecule has 0 saturated heterocycles. The van der Waals surface area contributed by atoms with Gasteiger partial charge in [-0.2, -0.15) is 0 Å². The number of carbonyl (C=O) groups is 1. The van der Waals surface area contributed by atoms with Crippen LogP contribution in [0.1, 0.15) is 15.9 Å². The first-order chi connectivity index (χ1) is 12.2. The zero-order valence-electron chi connectivity index (χ0n) is 13.2. The third kappa shape index (κ3) is 2.99. The number of fused-ring (bicyclic) bond motifs is 1. The Bertz CT molecular complexity index is 1060. The summed E-state index contributed by atoms with van der Waals surface area (Å²) in [6.45, 7) is 0. The largest absolute Gasteiger partial charge is 0.360 e. The van der Waals surface area contributed by atoms with Crippen LogP contribution in [0.25, 0.3) is 10.9 Å². The molecule has 0 aliphatic carbocycles. The van der Waals surface area contributed by atoms with Crippen molar-refractivity contribution >= 4 is 39.8 Å². The van der Waals surface area contributed by atoms with Gasteiger partial charge in [0.25, 0.3) is 0 Å². The van der Waals surface area contributed by atoms with Crippen LogP contribution >= 0.6 is 11.6 Å². The van der Waals surface area contributed by atoms with Crippen LogP contribution in [0.2, 0.25) is 5.02 Å². The fraction of sp³-hybridized carbons (Fsp3) is 0. The van der Waals surface area contributed by atoms with E-state index in [9.17, 15) is 4.79 Å². The summed E-state index contributed by atoms with van der Waals surface area (Å²) in [5.74, 6) is 0.412. The van der Waals surface area contributed by atoms with Crippen LogP contribution in [0.4, 0.5) is 11.5 Å². The zero-order chi connectivity index (χ0) is 17.2. The molecule has 0 amide bonds. The predicted molar refractivity (Wildman–Crippen MR) is 101 cm³/mol. The molecule has 4 rings (SSSR count). The van der Waals surface area contributed by atoms with Gasteiger partial charge in [-0.3, -0.25) is 4.79 Å². The van der Waals surface area contributed by atoms with Gasteiger partial charge < -0.3 is 10.3 Å². The van der Waals surface area contributed by atoms with E-state index in [1.807, 2.05) is 36.4 Å². The van der Waals surface area contributed by atoms with Crippen molar-refractivity contribution in [3.63, 3.8) is 0 Å². The topological polar surface area (TPSA) is 57.8 Å². The molecule has 4 aromatic rings. The molecule has 2 aromatic carbocycles. The van der Waals surface area contributed by atoms with Gasteiger partial charge in [0.1, 0.15) is 5.82 Å². The molecule has 0 fully saturated rings. The van der Waals surface area contributed by atoms with Crippen molar-refractivity contribution in [3.05, 3.63) is 89.2 Å². The number of anilines is 2. The van der Waals surface area contributed by atoms with Gasteiger partial charge in [-0.1, -0.05) is 29.8 Å². The third-order valence-electron chi connectivity index (χ3n) is 3.98. The number of carbonyl (C=O) groups excluding carboxylic acids is 1. The molecule has 0 aliphatic rings. The Morgan fingerprint density at radius 1 is 1.00 bits per heavy atom. The summed E-state index contributed by atoms with van der Waals surface area (Å²) >= 11 is 6.09. The number of nitrogens with zero attached hydrogens (tertiary/aromatic N) is 1. The van der Waals surface area contributed by atoms with Gasteiger partial charge >= 0.3 is 0 Å². The lowest BCUT2D eigenvalue weighted by Gasteiger charge is -2.10. The highest BCUT2D eigenvalue weighted by molar-refractivity contribution is 6.31. The lowest BCUT2D eigenvalue weighted by Crippen LogP contribution is -2.06. The van der Waals surface area contributed by atoms with Gasteiger partial charge in [0.2, 0.25) is 0 Å². The van der Waals surface area contributed by atoms with Gasteiger partial charge in [0.15, 0.2) is 5.78 Å². The maximum atomic E-state index is 13.1. The number of hydrogen-bond acceptors (Lipinski definition) is 3. The van der Waals surface area contributed by atoms with Crippen molar-refractivity contribution in [2.75, 3.05) is 5.32 Å². The van der Waals surface area contributed by atoms with Crippen LogP contribution < -0.4 is 5.32 Å². The predicted octanol–water partition coefficient (Wildman–Crippen LogP) is 5.19. The number of pyridine rings is 1. The summed E-state index contributed by atoms with van der Waals surface area (Å²) in [5, 5.41) is 4.60. The Balaban J connectivity index is 1.76. The molecular weight excluding hydrogens is 334 g/mol. The van der Waals surface area contributed by atoms with E-state index in [4.69, 9.17) is 11.6 Å². The summed E-state index contributed by atoms with van der Waals surface area (Å²) in [5.41, 5.74) is 2.82. The van der Waals surface area contributed by atoms with Gasteiger partial charge in [-0.15, -0.1) is 0 Å². The van der Waals surface area contributed by atoms with Crippen molar-refractivity contribution < 1.29 is 4.79 Å². The van der Waals surface area contributed by atoms with Crippen molar-refractivity contribution in [1.29, 1.82) is 0 Å². The molecule has 0 radical (unpaired) electrons. The number of halogens is 1. The number of ketones is 1.